The molecule has 5 heteroatoms. The van der Waals surface area contributed by atoms with Crippen LogP contribution >= 0.6 is 11.6 Å². The summed E-state index contributed by atoms with van der Waals surface area (Å²) in [5.41, 5.74) is 2.34. The monoisotopic (exact) mass is 450 g/mol. The minimum atomic E-state index is -0.449. The highest BCUT2D eigenvalue weighted by Crippen LogP contribution is 2.42. The molecule has 0 radical (unpaired) electrons. The van der Waals surface area contributed by atoms with Gasteiger partial charge in [0.15, 0.2) is 11.5 Å². The second-order valence-corrected chi connectivity index (χ2v) is 9.06. The highest BCUT2D eigenvalue weighted by Gasteiger charge is 2.39. The average molecular weight is 451 g/mol. The van der Waals surface area contributed by atoms with Crippen molar-refractivity contribution in [1.82, 2.24) is 0 Å². The fourth-order valence-electron chi connectivity index (χ4n) is 4.78. The maximum Gasteiger partial charge on any atom is 0.311 e. The molecule has 1 saturated carbocycles. The van der Waals surface area contributed by atoms with Gasteiger partial charge in [0.2, 0.25) is 5.78 Å². The van der Waals surface area contributed by atoms with Gasteiger partial charge in [0.05, 0.1) is 5.57 Å². The van der Waals surface area contributed by atoms with Crippen LogP contribution in [0.3, 0.4) is 0 Å². The lowest BCUT2D eigenvalue weighted by Gasteiger charge is -2.32. The van der Waals surface area contributed by atoms with Gasteiger partial charge in [0.1, 0.15) is 0 Å². The van der Waals surface area contributed by atoms with Crippen LogP contribution in [0.15, 0.2) is 59.9 Å². The van der Waals surface area contributed by atoms with Gasteiger partial charge in [-0.1, -0.05) is 61.3 Å². The number of ketones is 2. The zero-order valence-corrected chi connectivity index (χ0v) is 19.0. The summed E-state index contributed by atoms with van der Waals surface area (Å²) < 4.78 is 5.58. The largest absolute Gasteiger partial charge is 0.422 e. The van der Waals surface area contributed by atoms with Gasteiger partial charge in [0.25, 0.3) is 0 Å². The Bertz CT molecular complexity index is 1060. The Kier molecular flexibility index (Phi) is 6.90. The van der Waals surface area contributed by atoms with Gasteiger partial charge in [-0.25, -0.2) is 0 Å². The minimum Gasteiger partial charge on any atom is -0.422 e. The van der Waals surface area contributed by atoms with Crippen LogP contribution in [0.4, 0.5) is 0 Å². The van der Waals surface area contributed by atoms with Gasteiger partial charge >= 0.3 is 5.97 Å². The first-order valence-electron chi connectivity index (χ1n) is 11.4. The molecular formula is C27H27ClO4. The normalized spacial score (nSPS) is 20.8. The molecule has 0 spiro atoms. The van der Waals surface area contributed by atoms with Crippen molar-refractivity contribution in [2.24, 2.45) is 5.92 Å². The van der Waals surface area contributed by atoms with E-state index in [4.69, 9.17) is 16.3 Å². The van der Waals surface area contributed by atoms with Gasteiger partial charge in [0, 0.05) is 22.6 Å². The number of hydrogen-bond donors (Lipinski definition) is 0. The number of unbranched alkanes of at least 4 members (excludes halogenated alkanes) is 1. The van der Waals surface area contributed by atoms with Crippen molar-refractivity contribution >= 4 is 29.1 Å². The molecule has 0 aromatic heterocycles. The molecular weight excluding hydrogens is 424 g/mol. The highest BCUT2D eigenvalue weighted by molar-refractivity contribution is 6.30. The Hall–Kier alpha value is -2.72. The summed E-state index contributed by atoms with van der Waals surface area (Å²) in [7, 11) is 0. The van der Waals surface area contributed by atoms with E-state index in [-0.39, 0.29) is 29.7 Å². The van der Waals surface area contributed by atoms with Crippen molar-refractivity contribution in [3.8, 4) is 0 Å². The second kappa shape index (κ2) is 9.83. The quantitative estimate of drug-likeness (QED) is 0.460. The van der Waals surface area contributed by atoms with Crippen molar-refractivity contribution in [1.29, 1.82) is 0 Å². The van der Waals surface area contributed by atoms with Crippen LogP contribution in [-0.4, -0.2) is 17.5 Å². The molecule has 0 N–H and O–H groups in total. The van der Waals surface area contributed by atoms with E-state index in [1.165, 1.54) is 5.56 Å². The van der Waals surface area contributed by atoms with Crippen LogP contribution in [0.1, 0.15) is 84.1 Å². The number of hydrogen-bond acceptors (Lipinski definition) is 4. The van der Waals surface area contributed by atoms with E-state index >= 15 is 0 Å². The lowest BCUT2D eigenvalue weighted by molar-refractivity contribution is -0.139. The Morgan fingerprint density at radius 2 is 1.50 bits per heavy atom. The fraction of sp³-hybridized carbons (Fsp3) is 0.370. The summed E-state index contributed by atoms with van der Waals surface area (Å²) >= 11 is 6.02. The summed E-state index contributed by atoms with van der Waals surface area (Å²) in [4.78, 5) is 39.1. The van der Waals surface area contributed by atoms with E-state index in [0.717, 1.165) is 32.1 Å². The third-order valence-electron chi connectivity index (χ3n) is 6.54. The predicted molar refractivity (Wildman–Crippen MR) is 124 cm³/mol. The van der Waals surface area contributed by atoms with Gasteiger partial charge in [-0.15, -0.1) is 0 Å². The number of carbonyl (C=O) groups is 3. The molecule has 0 aliphatic heterocycles. The number of benzene rings is 2. The van der Waals surface area contributed by atoms with Crippen LogP contribution in [-0.2, 0) is 9.53 Å². The van der Waals surface area contributed by atoms with Gasteiger partial charge in [-0.2, -0.15) is 0 Å². The summed E-state index contributed by atoms with van der Waals surface area (Å²) in [5.74, 6) is -0.758. The third kappa shape index (κ3) is 4.56. The second-order valence-electron chi connectivity index (χ2n) is 8.62. The summed E-state index contributed by atoms with van der Waals surface area (Å²) in [6.07, 6.45) is 5.10. The van der Waals surface area contributed by atoms with E-state index in [1.807, 2.05) is 19.1 Å². The summed E-state index contributed by atoms with van der Waals surface area (Å²) in [6.45, 7) is 1.99. The van der Waals surface area contributed by atoms with Crippen LogP contribution in [0, 0.1) is 5.92 Å². The Labute approximate surface area is 193 Å². The number of allylic oxidation sites excluding steroid dienone is 2. The van der Waals surface area contributed by atoms with Crippen LogP contribution in [0.5, 0.6) is 0 Å². The minimum absolute atomic E-state index is 0.0512. The summed E-state index contributed by atoms with van der Waals surface area (Å²) in [5, 5.41) is 0.715. The van der Waals surface area contributed by atoms with Crippen molar-refractivity contribution in [2.45, 2.75) is 57.8 Å². The predicted octanol–water partition coefficient (Wildman–Crippen LogP) is 6.68. The SMILES string of the molecule is CCCCC(=O)OC1=C([C@H]2CC[C@H](c3ccc(Cl)cc3)CC2)C(=O)c2ccccc2C1=O. The fourth-order valence-corrected chi connectivity index (χ4v) is 4.91. The Morgan fingerprint density at radius 1 is 0.906 bits per heavy atom. The van der Waals surface area contributed by atoms with Crippen LogP contribution in [0.25, 0.3) is 0 Å². The Balaban J connectivity index is 1.61. The number of rotatable bonds is 6. The first kappa shape index (κ1) is 22.5. The number of esters is 1. The number of halogens is 1. The molecule has 2 aromatic rings. The average Bonchev–Trinajstić information content (AvgIpc) is 2.82. The van der Waals surface area contributed by atoms with Crippen molar-refractivity contribution in [2.75, 3.05) is 0 Å². The number of Topliss-reactive ketones (excluding diaryl/α,β-unsaturated/α-hetero) is 2. The van der Waals surface area contributed by atoms with Gasteiger partial charge in [-0.3, -0.25) is 14.4 Å². The molecule has 2 aliphatic rings. The lowest BCUT2D eigenvalue weighted by atomic mass is 9.72. The molecule has 4 nitrogen and oxygen atoms in total. The first-order valence-corrected chi connectivity index (χ1v) is 11.8. The topological polar surface area (TPSA) is 60.4 Å². The van der Waals surface area contributed by atoms with E-state index in [9.17, 15) is 14.4 Å². The molecule has 2 aliphatic carbocycles. The number of carbonyl (C=O) groups excluding carboxylic acids is 3. The number of ether oxygens (including phenoxy) is 1. The van der Waals surface area contributed by atoms with E-state index in [2.05, 4.69) is 12.1 Å². The van der Waals surface area contributed by atoms with Gasteiger partial charge < -0.3 is 4.74 Å². The summed E-state index contributed by atoms with van der Waals surface area (Å²) in [6, 6.07) is 14.7. The standard InChI is InChI=1S/C27H27ClO4/c1-2-3-8-23(29)32-27-24(25(30)21-6-4-5-7-22(21)26(27)31)19-11-9-17(10-12-19)18-13-15-20(28)16-14-18/h4-7,13-17,19H,2-3,8-12H2,1H3/t17-,19-. The molecule has 0 atom stereocenters. The molecule has 166 valence electrons. The highest BCUT2D eigenvalue weighted by atomic mass is 35.5. The molecule has 0 amide bonds. The maximum atomic E-state index is 13.4. The molecule has 0 heterocycles. The van der Waals surface area contributed by atoms with Gasteiger partial charge in [-0.05, 0) is 61.6 Å². The van der Waals surface area contributed by atoms with Crippen LogP contribution in [0.2, 0.25) is 5.02 Å². The van der Waals surface area contributed by atoms with Crippen LogP contribution < -0.4 is 0 Å². The number of fused-ring (bicyclic) bond motifs is 1. The first-order chi connectivity index (χ1) is 15.5. The smallest absolute Gasteiger partial charge is 0.311 e. The third-order valence-corrected chi connectivity index (χ3v) is 6.79. The molecule has 32 heavy (non-hydrogen) atoms. The zero-order chi connectivity index (χ0) is 22.7. The lowest BCUT2D eigenvalue weighted by Crippen LogP contribution is -2.30. The molecule has 1 fully saturated rings. The van der Waals surface area contributed by atoms with E-state index in [1.54, 1.807) is 24.3 Å². The van der Waals surface area contributed by atoms with E-state index < -0.39 is 5.97 Å². The molecule has 4 rings (SSSR count). The molecule has 2 aromatic carbocycles. The molecule has 0 unspecified atom stereocenters. The van der Waals surface area contributed by atoms with E-state index in [0.29, 0.717) is 34.1 Å². The maximum absolute atomic E-state index is 13.4. The zero-order valence-electron chi connectivity index (χ0n) is 18.2. The Morgan fingerprint density at radius 3 is 2.12 bits per heavy atom. The van der Waals surface area contributed by atoms with Crippen molar-refractivity contribution in [3.05, 3.63) is 81.6 Å². The van der Waals surface area contributed by atoms with Crippen molar-refractivity contribution in [3.63, 3.8) is 0 Å². The molecule has 0 bridgehead atoms. The molecule has 0 saturated heterocycles. The van der Waals surface area contributed by atoms with Crippen molar-refractivity contribution < 1.29 is 19.1 Å².